The number of hydrogen-bond donors (Lipinski definition) is 0. The topological polar surface area (TPSA) is 23.8 Å². The molecule has 0 spiro atoms. The molecule has 1 heteroatoms. The Balaban J connectivity index is 1.57. The van der Waals surface area contributed by atoms with Crippen LogP contribution >= 0.6 is 0 Å². The number of unbranched alkanes of at least 4 members (excludes halogenated alkanes) is 2. The van der Waals surface area contributed by atoms with Crippen molar-refractivity contribution in [2.45, 2.75) is 90.4 Å². The van der Waals surface area contributed by atoms with Gasteiger partial charge in [0.05, 0.1) is 6.07 Å². The van der Waals surface area contributed by atoms with Crippen molar-refractivity contribution in [3.8, 4) is 6.07 Å². The van der Waals surface area contributed by atoms with E-state index in [0.717, 1.165) is 17.8 Å². The largest absolute Gasteiger partial charge is 0.198 e. The van der Waals surface area contributed by atoms with Crippen LogP contribution in [-0.2, 0) is 0 Å². The van der Waals surface area contributed by atoms with Crippen LogP contribution in [-0.4, -0.2) is 0 Å². The summed E-state index contributed by atoms with van der Waals surface area (Å²) in [5, 5.41) is 9.02. The van der Waals surface area contributed by atoms with Crippen LogP contribution in [0.5, 0.6) is 0 Å². The summed E-state index contributed by atoms with van der Waals surface area (Å²) >= 11 is 0. The van der Waals surface area contributed by atoms with Crippen molar-refractivity contribution < 1.29 is 0 Å². The quantitative estimate of drug-likeness (QED) is 0.381. The van der Waals surface area contributed by atoms with Crippen LogP contribution in [0.1, 0.15) is 90.4 Å². The molecule has 2 fully saturated rings. The first kappa shape index (κ1) is 17.6. The molecule has 0 saturated heterocycles. The van der Waals surface area contributed by atoms with E-state index in [1.54, 1.807) is 0 Å². The Morgan fingerprint density at radius 3 is 2.05 bits per heavy atom. The van der Waals surface area contributed by atoms with Crippen molar-refractivity contribution in [3.05, 3.63) is 12.2 Å². The van der Waals surface area contributed by atoms with Crippen LogP contribution < -0.4 is 0 Å². The van der Waals surface area contributed by atoms with E-state index in [2.05, 4.69) is 25.1 Å². The Bertz CT molecular complexity index is 349. The van der Waals surface area contributed by atoms with Gasteiger partial charge in [0, 0.05) is 5.92 Å². The number of hydrogen-bond acceptors (Lipinski definition) is 1. The van der Waals surface area contributed by atoms with Gasteiger partial charge in [-0.25, -0.2) is 0 Å². The Hall–Kier alpha value is -0.770. The summed E-state index contributed by atoms with van der Waals surface area (Å²) in [5.74, 6) is 3.31. The second-order valence-electron chi connectivity index (χ2n) is 7.71. The molecular formula is C21H35N. The van der Waals surface area contributed by atoms with E-state index in [0.29, 0.717) is 5.92 Å². The van der Waals surface area contributed by atoms with Crippen LogP contribution in [0.4, 0.5) is 0 Å². The van der Waals surface area contributed by atoms with Gasteiger partial charge in [-0.05, 0) is 75.5 Å². The summed E-state index contributed by atoms with van der Waals surface area (Å²) < 4.78 is 0. The molecule has 0 aromatic heterocycles. The fraction of sp³-hybridized carbons (Fsp3) is 0.857. The number of allylic oxidation sites excluding steroid dienone is 2. The monoisotopic (exact) mass is 301 g/mol. The molecule has 2 aliphatic carbocycles. The van der Waals surface area contributed by atoms with Crippen LogP contribution in [0.3, 0.4) is 0 Å². The van der Waals surface area contributed by atoms with Crippen molar-refractivity contribution in [2.75, 3.05) is 0 Å². The summed E-state index contributed by atoms with van der Waals surface area (Å²) in [6, 6.07) is 2.47. The van der Waals surface area contributed by atoms with Crippen molar-refractivity contribution in [1.29, 1.82) is 5.26 Å². The lowest BCUT2D eigenvalue weighted by Crippen LogP contribution is -2.25. The molecule has 0 radical (unpaired) electrons. The third-order valence-corrected chi connectivity index (χ3v) is 6.12. The van der Waals surface area contributed by atoms with Crippen LogP contribution in [0.2, 0.25) is 0 Å². The predicted octanol–water partition coefficient (Wildman–Crippen LogP) is 6.65. The highest BCUT2D eigenvalue weighted by atomic mass is 14.4. The highest BCUT2D eigenvalue weighted by molar-refractivity contribution is 4.89. The third-order valence-electron chi connectivity index (χ3n) is 6.12. The summed E-state index contributed by atoms with van der Waals surface area (Å²) in [5.41, 5.74) is 0. The van der Waals surface area contributed by atoms with Gasteiger partial charge in [0.25, 0.3) is 0 Å². The maximum absolute atomic E-state index is 9.02. The average Bonchev–Trinajstić information content (AvgIpc) is 2.59. The van der Waals surface area contributed by atoms with Crippen molar-refractivity contribution in [3.63, 3.8) is 0 Å². The average molecular weight is 302 g/mol. The molecule has 0 aliphatic heterocycles. The first-order chi connectivity index (χ1) is 10.8. The van der Waals surface area contributed by atoms with Gasteiger partial charge in [0.15, 0.2) is 0 Å². The van der Waals surface area contributed by atoms with E-state index < -0.39 is 0 Å². The van der Waals surface area contributed by atoms with Crippen molar-refractivity contribution in [1.82, 2.24) is 0 Å². The zero-order valence-corrected chi connectivity index (χ0v) is 14.6. The van der Waals surface area contributed by atoms with Gasteiger partial charge in [-0.3, -0.25) is 0 Å². The SMILES string of the molecule is CCC/C=C\CCC[C@H]1CC[C@H]([C@H]2CC[C@H](C#N)CC2)CC1. The molecule has 0 unspecified atom stereocenters. The van der Waals surface area contributed by atoms with Gasteiger partial charge in [0.2, 0.25) is 0 Å². The second kappa shape index (κ2) is 10.1. The first-order valence-corrected chi connectivity index (χ1v) is 9.88. The molecule has 0 atom stereocenters. The lowest BCUT2D eigenvalue weighted by atomic mass is 9.69. The summed E-state index contributed by atoms with van der Waals surface area (Å²) in [6.07, 6.45) is 22.3. The van der Waals surface area contributed by atoms with Gasteiger partial charge in [0.1, 0.15) is 0 Å². The Morgan fingerprint density at radius 2 is 1.45 bits per heavy atom. The van der Waals surface area contributed by atoms with E-state index in [1.807, 2.05) is 0 Å². The minimum absolute atomic E-state index is 0.369. The first-order valence-electron chi connectivity index (χ1n) is 9.88. The van der Waals surface area contributed by atoms with Crippen LogP contribution in [0, 0.1) is 35.0 Å². The molecule has 2 saturated carbocycles. The molecule has 2 rings (SSSR count). The minimum Gasteiger partial charge on any atom is -0.198 e. The lowest BCUT2D eigenvalue weighted by molar-refractivity contribution is 0.153. The minimum atomic E-state index is 0.369. The van der Waals surface area contributed by atoms with Crippen LogP contribution in [0.25, 0.3) is 0 Å². The van der Waals surface area contributed by atoms with E-state index in [9.17, 15) is 0 Å². The fourth-order valence-electron chi connectivity index (χ4n) is 4.59. The zero-order valence-electron chi connectivity index (χ0n) is 14.6. The Morgan fingerprint density at radius 1 is 0.864 bits per heavy atom. The predicted molar refractivity (Wildman–Crippen MR) is 94.4 cm³/mol. The van der Waals surface area contributed by atoms with E-state index in [4.69, 9.17) is 5.26 Å². The zero-order chi connectivity index (χ0) is 15.6. The highest BCUT2D eigenvalue weighted by Crippen LogP contribution is 2.42. The normalized spacial score (nSPS) is 32.9. The lowest BCUT2D eigenvalue weighted by Gasteiger charge is -2.36. The molecule has 0 bridgehead atoms. The van der Waals surface area contributed by atoms with Crippen molar-refractivity contribution >= 4 is 0 Å². The highest BCUT2D eigenvalue weighted by Gasteiger charge is 2.30. The molecule has 0 aromatic carbocycles. The molecule has 0 heterocycles. The summed E-state index contributed by atoms with van der Waals surface area (Å²) in [6.45, 7) is 2.25. The van der Waals surface area contributed by atoms with E-state index >= 15 is 0 Å². The molecule has 1 nitrogen and oxygen atoms in total. The van der Waals surface area contributed by atoms with Crippen LogP contribution in [0.15, 0.2) is 12.2 Å². The number of nitrogens with zero attached hydrogens (tertiary/aromatic N) is 1. The molecular weight excluding hydrogens is 266 g/mol. The van der Waals surface area contributed by atoms with E-state index in [1.165, 1.54) is 83.5 Å². The molecule has 2 aliphatic rings. The fourth-order valence-corrected chi connectivity index (χ4v) is 4.59. The summed E-state index contributed by atoms with van der Waals surface area (Å²) in [7, 11) is 0. The van der Waals surface area contributed by atoms with Gasteiger partial charge in [-0.15, -0.1) is 0 Å². The summed E-state index contributed by atoms with van der Waals surface area (Å²) in [4.78, 5) is 0. The number of rotatable bonds is 7. The Labute approximate surface area is 138 Å². The molecule has 0 aromatic rings. The molecule has 124 valence electrons. The second-order valence-corrected chi connectivity index (χ2v) is 7.71. The molecule has 0 N–H and O–H groups in total. The van der Waals surface area contributed by atoms with Gasteiger partial charge in [-0.2, -0.15) is 5.26 Å². The van der Waals surface area contributed by atoms with Gasteiger partial charge >= 0.3 is 0 Å². The smallest absolute Gasteiger partial charge is 0.0655 e. The standard InChI is InChI=1S/C21H35N/c1-2-3-4-5-6-7-8-18-9-13-20(14-10-18)21-15-11-19(17-22)12-16-21/h4-5,18-21H,2-3,6-16H2,1H3/b5-4-/t18-,19-,20-,21-. The third kappa shape index (κ3) is 5.79. The Kier molecular flexibility index (Phi) is 8.06. The van der Waals surface area contributed by atoms with Gasteiger partial charge < -0.3 is 0 Å². The molecule has 0 amide bonds. The number of nitriles is 1. The van der Waals surface area contributed by atoms with Gasteiger partial charge in [-0.1, -0.05) is 44.8 Å². The maximum Gasteiger partial charge on any atom is 0.0655 e. The van der Waals surface area contributed by atoms with Crippen molar-refractivity contribution in [2.24, 2.45) is 23.7 Å². The maximum atomic E-state index is 9.02. The molecule has 22 heavy (non-hydrogen) atoms. The van der Waals surface area contributed by atoms with E-state index in [-0.39, 0.29) is 0 Å².